The Bertz CT molecular complexity index is 323. The van der Waals surface area contributed by atoms with Gasteiger partial charge in [0.2, 0.25) is 0 Å². The van der Waals surface area contributed by atoms with Crippen LogP contribution in [0, 0.1) is 5.92 Å². The van der Waals surface area contributed by atoms with Crippen LogP contribution in [0.3, 0.4) is 0 Å². The predicted octanol–water partition coefficient (Wildman–Crippen LogP) is 1.74. The largest absolute Gasteiger partial charge is 0.311 e. The van der Waals surface area contributed by atoms with E-state index in [9.17, 15) is 0 Å². The first kappa shape index (κ1) is 10.7. The van der Waals surface area contributed by atoms with Gasteiger partial charge in [-0.2, -0.15) is 5.10 Å². The minimum atomic E-state index is 0.318. The second kappa shape index (κ2) is 3.97. The van der Waals surface area contributed by atoms with Crippen molar-refractivity contribution in [2.24, 2.45) is 13.0 Å². The van der Waals surface area contributed by atoms with Crippen molar-refractivity contribution in [3.8, 4) is 0 Å². The van der Waals surface area contributed by atoms with Gasteiger partial charge in [-0.25, -0.2) is 0 Å². The van der Waals surface area contributed by atoms with E-state index < -0.39 is 0 Å². The zero-order valence-corrected chi connectivity index (χ0v) is 9.95. The summed E-state index contributed by atoms with van der Waals surface area (Å²) in [4.78, 5) is 0. The summed E-state index contributed by atoms with van der Waals surface area (Å²) in [6.45, 7) is 5.67. The summed E-state index contributed by atoms with van der Waals surface area (Å²) < 4.78 is 1.95. The highest BCUT2D eigenvalue weighted by atomic mass is 15.3. The van der Waals surface area contributed by atoms with Gasteiger partial charge < -0.3 is 5.32 Å². The summed E-state index contributed by atoms with van der Waals surface area (Å²) in [7, 11) is 2.00. The Morgan fingerprint density at radius 1 is 1.53 bits per heavy atom. The molecule has 0 aliphatic heterocycles. The van der Waals surface area contributed by atoms with Crippen LogP contribution >= 0.6 is 0 Å². The monoisotopic (exact) mass is 207 g/mol. The molecular weight excluding hydrogens is 186 g/mol. The van der Waals surface area contributed by atoms with E-state index in [1.54, 1.807) is 0 Å². The van der Waals surface area contributed by atoms with Gasteiger partial charge in [0.25, 0.3) is 0 Å². The Morgan fingerprint density at radius 3 is 2.80 bits per heavy atom. The Morgan fingerprint density at radius 2 is 2.27 bits per heavy atom. The first-order valence-corrected chi connectivity index (χ1v) is 5.81. The maximum atomic E-state index is 4.17. The van der Waals surface area contributed by atoms with E-state index in [1.165, 1.54) is 18.5 Å². The summed E-state index contributed by atoms with van der Waals surface area (Å²) in [5.74, 6) is 0.893. The quantitative estimate of drug-likeness (QED) is 0.797. The van der Waals surface area contributed by atoms with Crippen LogP contribution < -0.4 is 5.32 Å². The molecule has 2 rings (SSSR count). The van der Waals surface area contributed by atoms with Crippen LogP contribution in [0.15, 0.2) is 12.3 Å². The van der Waals surface area contributed by atoms with E-state index in [4.69, 9.17) is 0 Å². The van der Waals surface area contributed by atoms with E-state index in [-0.39, 0.29) is 0 Å². The lowest BCUT2D eigenvalue weighted by atomic mass is 9.99. The Balaban J connectivity index is 1.77. The van der Waals surface area contributed by atoms with Crippen LogP contribution in [-0.4, -0.2) is 21.9 Å². The van der Waals surface area contributed by atoms with Crippen molar-refractivity contribution in [3.05, 3.63) is 18.0 Å². The SMILES string of the molecule is Cn1nccc1CCNC(C)(C)C1CC1. The van der Waals surface area contributed by atoms with Gasteiger partial charge in [-0.15, -0.1) is 0 Å². The van der Waals surface area contributed by atoms with Gasteiger partial charge in [0.1, 0.15) is 0 Å². The van der Waals surface area contributed by atoms with Gasteiger partial charge in [-0.05, 0) is 38.7 Å². The van der Waals surface area contributed by atoms with Gasteiger partial charge in [0.05, 0.1) is 0 Å². The normalized spacial score (nSPS) is 17.0. The molecule has 0 bridgehead atoms. The standard InChI is InChI=1S/C12H21N3/c1-12(2,10-4-5-10)13-8-6-11-7-9-14-15(11)3/h7,9-10,13H,4-6,8H2,1-3H3. The van der Waals surface area contributed by atoms with Crippen LogP contribution in [-0.2, 0) is 13.5 Å². The van der Waals surface area contributed by atoms with Crippen molar-refractivity contribution in [1.82, 2.24) is 15.1 Å². The van der Waals surface area contributed by atoms with E-state index in [2.05, 4.69) is 30.3 Å². The van der Waals surface area contributed by atoms with Crippen LogP contribution in [0.2, 0.25) is 0 Å². The first-order chi connectivity index (χ1) is 7.09. The Kier molecular flexibility index (Phi) is 2.83. The maximum Gasteiger partial charge on any atom is 0.0492 e. The van der Waals surface area contributed by atoms with Crippen molar-refractivity contribution in [2.45, 2.75) is 38.6 Å². The molecular formula is C12H21N3. The molecule has 0 aromatic carbocycles. The summed E-state index contributed by atoms with van der Waals surface area (Å²) in [6.07, 6.45) is 5.71. The lowest BCUT2D eigenvalue weighted by molar-refractivity contribution is 0.343. The van der Waals surface area contributed by atoms with Crippen molar-refractivity contribution in [2.75, 3.05) is 6.54 Å². The zero-order chi connectivity index (χ0) is 10.9. The smallest absolute Gasteiger partial charge is 0.0492 e. The van der Waals surface area contributed by atoms with Crippen molar-refractivity contribution in [3.63, 3.8) is 0 Å². The predicted molar refractivity (Wildman–Crippen MR) is 61.7 cm³/mol. The second-order valence-corrected chi connectivity index (χ2v) is 5.12. The highest BCUT2D eigenvalue weighted by Crippen LogP contribution is 2.38. The molecule has 1 N–H and O–H groups in total. The van der Waals surface area contributed by atoms with Crippen LogP contribution in [0.5, 0.6) is 0 Å². The van der Waals surface area contributed by atoms with Crippen LogP contribution in [0.4, 0.5) is 0 Å². The number of rotatable bonds is 5. The van der Waals surface area contributed by atoms with Crippen LogP contribution in [0.25, 0.3) is 0 Å². The molecule has 3 nitrogen and oxygen atoms in total. The summed E-state index contributed by atoms with van der Waals surface area (Å²) in [5.41, 5.74) is 1.62. The fraction of sp³-hybridized carbons (Fsp3) is 0.750. The molecule has 1 aliphatic rings. The van der Waals surface area contributed by atoms with E-state index in [1.807, 2.05) is 17.9 Å². The maximum absolute atomic E-state index is 4.17. The fourth-order valence-electron chi connectivity index (χ4n) is 2.11. The molecule has 0 spiro atoms. The third-order valence-electron chi connectivity index (χ3n) is 3.48. The molecule has 0 radical (unpaired) electrons. The molecule has 0 saturated heterocycles. The molecule has 0 amide bonds. The van der Waals surface area contributed by atoms with Gasteiger partial charge in [0, 0.05) is 37.4 Å². The molecule has 0 unspecified atom stereocenters. The minimum absolute atomic E-state index is 0.318. The topological polar surface area (TPSA) is 29.9 Å². The molecule has 1 fully saturated rings. The molecule has 3 heteroatoms. The molecule has 15 heavy (non-hydrogen) atoms. The Labute approximate surface area is 91.9 Å². The number of nitrogens with zero attached hydrogens (tertiary/aromatic N) is 2. The number of hydrogen-bond acceptors (Lipinski definition) is 2. The molecule has 1 heterocycles. The minimum Gasteiger partial charge on any atom is -0.311 e. The third kappa shape index (κ3) is 2.59. The molecule has 1 aromatic heterocycles. The van der Waals surface area contributed by atoms with Gasteiger partial charge in [-0.3, -0.25) is 4.68 Å². The highest BCUT2D eigenvalue weighted by Gasteiger charge is 2.36. The Hall–Kier alpha value is -0.830. The van der Waals surface area contributed by atoms with Crippen molar-refractivity contribution >= 4 is 0 Å². The second-order valence-electron chi connectivity index (χ2n) is 5.12. The average Bonchev–Trinajstić information content (AvgIpc) is 2.94. The number of aromatic nitrogens is 2. The molecule has 1 aliphatic carbocycles. The number of nitrogens with one attached hydrogen (secondary N) is 1. The van der Waals surface area contributed by atoms with Gasteiger partial charge >= 0.3 is 0 Å². The lowest BCUT2D eigenvalue weighted by Gasteiger charge is -2.26. The van der Waals surface area contributed by atoms with Crippen molar-refractivity contribution in [1.29, 1.82) is 0 Å². The van der Waals surface area contributed by atoms with Gasteiger partial charge in [0.15, 0.2) is 0 Å². The van der Waals surface area contributed by atoms with Crippen LogP contribution in [0.1, 0.15) is 32.4 Å². The number of hydrogen-bond donors (Lipinski definition) is 1. The first-order valence-electron chi connectivity index (χ1n) is 5.81. The van der Waals surface area contributed by atoms with Gasteiger partial charge in [-0.1, -0.05) is 0 Å². The van der Waals surface area contributed by atoms with E-state index in [0.717, 1.165) is 18.9 Å². The third-order valence-corrected chi connectivity index (χ3v) is 3.48. The summed E-state index contributed by atoms with van der Waals surface area (Å²) in [5, 5.41) is 7.81. The summed E-state index contributed by atoms with van der Waals surface area (Å²) >= 11 is 0. The number of aryl methyl sites for hydroxylation is 1. The molecule has 1 aromatic rings. The molecule has 1 saturated carbocycles. The highest BCUT2D eigenvalue weighted by molar-refractivity contribution is 5.01. The lowest BCUT2D eigenvalue weighted by Crippen LogP contribution is -2.42. The molecule has 0 atom stereocenters. The van der Waals surface area contributed by atoms with E-state index in [0.29, 0.717) is 5.54 Å². The van der Waals surface area contributed by atoms with E-state index >= 15 is 0 Å². The molecule has 84 valence electrons. The average molecular weight is 207 g/mol. The summed E-state index contributed by atoms with van der Waals surface area (Å²) in [6, 6.07) is 2.09. The fourth-order valence-corrected chi connectivity index (χ4v) is 2.11. The zero-order valence-electron chi connectivity index (χ0n) is 9.95. The van der Waals surface area contributed by atoms with Crippen molar-refractivity contribution < 1.29 is 0 Å².